The van der Waals surface area contributed by atoms with Gasteiger partial charge in [0.25, 0.3) is 0 Å². The molecule has 0 fully saturated rings. The van der Waals surface area contributed by atoms with Gasteiger partial charge in [0, 0.05) is 0 Å². The quantitative estimate of drug-likeness (QED) is 0.715. The minimum atomic E-state index is 0.877. The van der Waals surface area contributed by atoms with E-state index >= 15 is 0 Å². The Morgan fingerprint density at radius 3 is 2.27 bits per heavy atom. The normalized spacial score (nSPS) is 10.0. The molecule has 2 aromatic rings. The van der Waals surface area contributed by atoms with E-state index in [1.165, 1.54) is 5.56 Å². The second kappa shape index (κ2) is 4.18. The third-order valence-electron chi connectivity index (χ3n) is 2.33. The van der Waals surface area contributed by atoms with E-state index in [-0.39, 0.29) is 0 Å². The Kier molecular flexibility index (Phi) is 2.72. The van der Waals surface area contributed by atoms with Crippen molar-refractivity contribution in [3.63, 3.8) is 0 Å². The van der Waals surface area contributed by atoms with Crippen LogP contribution in [0.1, 0.15) is 5.56 Å². The fourth-order valence-electron chi connectivity index (χ4n) is 1.55. The molecule has 0 heterocycles. The van der Waals surface area contributed by atoms with Crippen molar-refractivity contribution < 1.29 is 4.74 Å². The van der Waals surface area contributed by atoms with Gasteiger partial charge in [0.15, 0.2) is 0 Å². The Morgan fingerprint density at radius 1 is 0.933 bits per heavy atom. The molecule has 1 nitrogen and oxygen atoms in total. The molecular formula is C14H13O. The van der Waals surface area contributed by atoms with Crippen molar-refractivity contribution in [1.82, 2.24) is 0 Å². The molecule has 75 valence electrons. The Balaban J connectivity index is 2.44. The van der Waals surface area contributed by atoms with Gasteiger partial charge >= 0.3 is 0 Å². The van der Waals surface area contributed by atoms with Gasteiger partial charge in [-0.2, -0.15) is 0 Å². The lowest BCUT2D eigenvalue weighted by Gasteiger charge is -2.05. The molecule has 0 aromatic heterocycles. The number of hydrogen-bond donors (Lipinski definition) is 0. The predicted molar refractivity (Wildman–Crippen MR) is 62.9 cm³/mol. The zero-order valence-electron chi connectivity index (χ0n) is 8.73. The molecule has 0 saturated heterocycles. The van der Waals surface area contributed by atoms with Crippen LogP contribution >= 0.6 is 0 Å². The molecule has 0 unspecified atom stereocenters. The van der Waals surface area contributed by atoms with Crippen molar-refractivity contribution >= 4 is 0 Å². The molecule has 0 atom stereocenters. The number of methoxy groups -OCH3 is 1. The lowest BCUT2D eigenvalue weighted by Crippen LogP contribution is -1.84. The molecule has 0 N–H and O–H groups in total. The highest BCUT2D eigenvalue weighted by Crippen LogP contribution is 2.24. The molecule has 2 aromatic carbocycles. The summed E-state index contributed by atoms with van der Waals surface area (Å²) in [6.07, 6.45) is 0. The molecule has 0 aliphatic carbocycles. The minimum absolute atomic E-state index is 0.877. The summed E-state index contributed by atoms with van der Waals surface area (Å²) in [6, 6.07) is 16.2. The smallest absolute Gasteiger partial charge is 0.119 e. The van der Waals surface area contributed by atoms with Crippen LogP contribution in [-0.4, -0.2) is 7.11 Å². The highest BCUT2D eigenvalue weighted by Gasteiger charge is 1.98. The van der Waals surface area contributed by atoms with Crippen LogP contribution in [0.4, 0.5) is 0 Å². The molecule has 0 saturated carbocycles. The molecule has 1 heteroatoms. The number of ether oxygens (including phenoxy) is 1. The van der Waals surface area contributed by atoms with Crippen LogP contribution in [-0.2, 0) is 0 Å². The van der Waals surface area contributed by atoms with Crippen molar-refractivity contribution in [3.05, 3.63) is 61.0 Å². The summed E-state index contributed by atoms with van der Waals surface area (Å²) in [4.78, 5) is 0. The third kappa shape index (κ3) is 2.18. The van der Waals surface area contributed by atoms with Crippen LogP contribution in [0.3, 0.4) is 0 Å². The van der Waals surface area contributed by atoms with Gasteiger partial charge in [-0.3, -0.25) is 0 Å². The van der Waals surface area contributed by atoms with Gasteiger partial charge in [0.2, 0.25) is 0 Å². The van der Waals surface area contributed by atoms with Crippen LogP contribution in [0.15, 0.2) is 48.5 Å². The van der Waals surface area contributed by atoms with E-state index in [1.807, 2.05) is 30.3 Å². The zero-order chi connectivity index (χ0) is 10.7. The summed E-state index contributed by atoms with van der Waals surface area (Å²) in [5.74, 6) is 0.877. The van der Waals surface area contributed by atoms with Crippen molar-refractivity contribution in [1.29, 1.82) is 0 Å². The lowest BCUT2D eigenvalue weighted by atomic mass is 10.0. The molecule has 0 amide bonds. The third-order valence-corrected chi connectivity index (χ3v) is 2.33. The summed E-state index contributed by atoms with van der Waals surface area (Å²) < 4.78 is 5.19. The van der Waals surface area contributed by atoms with Gasteiger partial charge in [0.1, 0.15) is 5.75 Å². The summed E-state index contributed by atoms with van der Waals surface area (Å²) in [5.41, 5.74) is 3.34. The SMILES string of the molecule is [CH2]c1cccc(-c2cccc(OC)c2)c1. The van der Waals surface area contributed by atoms with Gasteiger partial charge in [-0.25, -0.2) is 0 Å². The van der Waals surface area contributed by atoms with Crippen LogP contribution in [0.5, 0.6) is 5.75 Å². The minimum Gasteiger partial charge on any atom is -0.497 e. The first kappa shape index (κ1) is 9.78. The topological polar surface area (TPSA) is 9.23 Å². The Bertz CT molecular complexity index is 460. The highest BCUT2D eigenvalue weighted by atomic mass is 16.5. The van der Waals surface area contributed by atoms with E-state index in [4.69, 9.17) is 4.74 Å². The van der Waals surface area contributed by atoms with E-state index in [9.17, 15) is 0 Å². The number of hydrogen-bond acceptors (Lipinski definition) is 1. The van der Waals surface area contributed by atoms with Crippen molar-refractivity contribution in [2.24, 2.45) is 0 Å². The fraction of sp³-hybridized carbons (Fsp3) is 0.0714. The van der Waals surface area contributed by atoms with Crippen LogP contribution in [0, 0.1) is 6.92 Å². The fourth-order valence-corrected chi connectivity index (χ4v) is 1.55. The monoisotopic (exact) mass is 197 g/mol. The summed E-state index contributed by atoms with van der Waals surface area (Å²) in [6.45, 7) is 3.92. The number of benzene rings is 2. The van der Waals surface area contributed by atoms with Crippen molar-refractivity contribution in [2.75, 3.05) is 7.11 Å². The predicted octanol–water partition coefficient (Wildman–Crippen LogP) is 3.54. The van der Waals surface area contributed by atoms with Crippen molar-refractivity contribution in [2.45, 2.75) is 0 Å². The first-order valence-corrected chi connectivity index (χ1v) is 4.86. The largest absolute Gasteiger partial charge is 0.497 e. The maximum atomic E-state index is 5.19. The molecule has 0 bridgehead atoms. The van der Waals surface area contributed by atoms with Gasteiger partial charge in [0.05, 0.1) is 7.11 Å². The zero-order valence-corrected chi connectivity index (χ0v) is 8.73. The van der Waals surface area contributed by atoms with Crippen molar-refractivity contribution in [3.8, 4) is 16.9 Å². The lowest BCUT2D eigenvalue weighted by molar-refractivity contribution is 0.415. The molecule has 15 heavy (non-hydrogen) atoms. The Labute approximate surface area is 90.3 Å². The van der Waals surface area contributed by atoms with Crippen LogP contribution in [0.2, 0.25) is 0 Å². The molecule has 0 aliphatic heterocycles. The maximum absolute atomic E-state index is 5.19. The standard InChI is InChI=1S/C14H13O/c1-11-5-3-6-12(9-11)13-7-4-8-14(10-13)15-2/h3-10H,1H2,2H3. The van der Waals surface area contributed by atoms with Gasteiger partial charge in [-0.15, -0.1) is 0 Å². The van der Waals surface area contributed by atoms with E-state index in [0.29, 0.717) is 0 Å². The molecule has 0 aliphatic rings. The number of rotatable bonds is 2. The van der Waals surface area contributed by atoms with Gasteiger partial charge in [-0.1, -0.05) is 36.4 Å². The summed E-state index contributed by atoms with van der Waals surface area (Å²) in [5, 5.41) is 0. The van der Waals surface area contributed by atoms with Gasteiger partial charge < -0.3 is 4.74 Å². The van der Waals surface area contributed by atoms with E-state index in [2.05, 4.69) is 25.1 Å². The first-order chi connectivity index (χ1) is 7.29. The Hall–Kier alpha value is -1.76. The van der Waals surface area contributed by atoms with E-state index in [0.717, 1.165) is 16.9 Å². The molecule has 0 spiro atoms. The van der Waals surface area contributed by atoms with E-state index < -0.39 is 0 Å². The van der Waals surface area contributed by atoms with E-state index in [1.54, 1.807) is 7.11 Å². The average molecular weight is 197 g/mol. The second-order valence-electron chi connectivity index (χ2n) is 3.43. The highest BCUT2D eigenvalue weighted by molar-refractivity contribution is 5.65. The average Bonchev–Trinajstić information content (AvgIpc) is 2.29. The molecular weight excluding hydrogens is 184 g/mol. The van der Waals surface area contributed by atoms with Crippen LogP contribution < -0.4 is 4.74 Å². The second-order valence-corrected chi connectivity index (χ2v) is 3.43. The van der Waals surface area contributed by atoms with Gasteiger partial charge in [-0.05, 0) is 35.7 Å². The summed E-state index contributed by atoms with van der Waals surface area (Å²) >= 11 is 0. The first-order valence-electron chi connectivity index (χ1n) is 4.86. The summed E-state index contributed by atoms with van der Waals surface area (Å²) in [7, 11) is 1.68. The molecule has 2 rings (SSSR count). The maximum Gasteiger partial charge on any atom is 0.119 e. The molecule has 1 radical (unpaired) electrons. The Morgan fingerprint density at radius 2 is 1.60 bits per heavy atom. The van der Waals surface area contributed by atoms with Crippen LogP contribution in [0.25, 0.3) is 11.1 Å².